The minimum Gasteiger partial charge on any atom is -0.496 e. The van der Waals surface area contributed by atoms with E-state index in [1.54, 1.807) is 26.0 Å². The van der Waals surface area contributed by atoms with Gasteiger partial charge in [0.05, 0.1) is 7.11 Å². The van der Waals surface area contributed by atoms with Crippen LogP contribution in [-0.4, -0.2) is 20.1 Å². The highest BCUT2D eigenvalue weighted by atomic mass is 16.5. The largest absolute Gasteiger partial charge is 0.496 e. The van der Waals surface area contributed by atoms with E-state index in [0.29, 0.717) is 0 Å². The molecule has 1 rings (SSSR count). The summed E-state index contributed by atoms with van der Waals surface area (Å²) in [6.45, 7) is 3.50. The predicted molar refractivity (Wildman–Crippen MR) is 56.8 cm³/mol. The van der Waals surface area contributed by atoms with Gasteiger partial charge in [0.25, 0.3) is 0 Å². The molecule has 0 radical (unpaired) electrons. The normalized spacial score (nSPS) is 9.71. The predicted octanol–water partition coefficient (Wildman–Crippen LogP) is 1.99. The van der Waals surface area contributed by atoms with E-state index < -0.39 is 0 Å². The zero-order valence-corrected chi connectivity index (χ0v) is 9.00. The number of aryl methyl sites for hydroxylation is 1. The summed E-state index contributed by atoms with van der Waals surface area (Å²) in [5, 5.41) is 0. The zero-order chi connectivity index (χ0) is 10.7. The van der Waals surface area contributed by atoms with Gasteiger partial charge in [-0.25, -0.2) is 0 Å². The van der Waals surface area contributed by atoms with Gasteiger partial charge in [-0.1, -0.05) is 0 Å². The van der Waals surface area contributed by atoms with Crippen LogP contribution in [0.15, 0.2) is 18.2 Å². The molecule has 0 unspecified atom stereocenters. The average molecular weight is 193 g/mol. The molecule has 0 heterocycles. The van der Waals surface area contributed by atoms with Gasteiger partial charge in [-0.3, -0.25) is 4.79 Å². The number of ether oxygens (including phenoxy) is 1. The molecule has 0 spiro atoms. The van der Waals surface area contributed by atoms with Crippen LogP contribution in [0.5, 0.6) is 5.75 Å². The highest BCUT2D eigenvalue weighted by Crippen LogP contribution is 2.23. The lowest BCUT2D eigenvalue weighted by Gasteiger charge is -2.16. The molecule has 1 aromatic carbocycles. The van der Waals surface area contributed by atoms with Crippen molar-refractivity contribution < 1.29 is 9.53 Å². The van der Waals surface area contributed by atoms with E-state index in [0.717, 1.165) is 17.0 Å². The first-order chi connectivity index (χ1) is 6.56. The Morgan fingerprint density at radius 2 is 2.07 bits per heavy atom. The van der Waals surface area contributed by atoms with E-state index >= 15 is 0 Å². The quantitative estimate of drug-likeness (QED) is 0.718. The summed E-state index contributed by atoms with van der Waals surface area (Å²) < 4.78 is 5.14. The van der Waals surface area contributed by atoms with Crippen molar-refractivity contribution in [3.63, 3.8) is 0 Å². The van der Waals surface area contributed by atoms with Gasteiger partial charge in [-0.15, -0.1) is 0 Å². The highest BCUT2D eigenvalue weighted by Gasteiger charge is 2.06. The van der Waals surface area contributed by atoms with Crippen LogP contribution in [0.1, 0.15) is 12.5 Å². The van der Waals surface area contributed by atoms with Crippen LogP contribution in [0, 0.1) is 6.92 Å². The lowest BCUT2D eigenvalue weighted by molar-refractivity contribution is -0.116. The molecule has 0 atom stereocenters. The van der Waals surface area contributed by atoms with Crippen LogP contribution in [0.2, 0.25) is 0 Å². The van der Waals surface area contributed by atoms with Crippen molar-refractivity contribution >= 4 is 11.6 Å². The summed E-state index contributed by atoms with van der Waals surface area (Å²) in [4.78, 5) is 12.7. The summed E-state index contributed by atoms with van der Waals surface area (Å²) in [6, 6.07) is 5.66. The van der Waals surface area contributed by atoms with E-state index in [4.69, 9.17) is 4.74 Å². The first-order valence-corrected chi connectivity index (χ1v) is 4.45. The fraction of sp³-hybridized carbons (Fsp3) is 0.364. The van der Waals surface area contributed by atoms with Gasteiger partial charge in [0.15, 0.2) is 0 Å². The number of rotatable bonds is 2. The van der Waals surface area contributed by atoms with Crippen molar-refractivity contribution in [1.29, 1.82) is 0 Å². The molecule has 0 aliphatic heterocycles. The molecule has 0 bridgehead atoms. The Kier molecular flexibility index (Phi) is 3.12. The Balaban J connectivity index is 3.02. The van der Waals surface area contributed by atoms with Crippen LogP contribution in [-0.2, 0) is 4.79 Å². The van der Waals surface area contributed by atoms with Gasteiger partial charge in [0.1, 0.15) is 5.75 Å². The first kappa shape index (κ1) is 10.6. The number of carbonyl (C=O) groups excluding carboxylic acids is 1. The van der Waals surface area contributed by atoms with Crippen molar-refractivity contribution in [2.24, 2.45) is 0 Å². The van der Waals surface area contributed by atoms with Crippen LogP contribution in [0.3, 0.4) is 0 Å². The molecule has 0 aromatic heterocycles. The second-order valence-electron chi connectivity index (χ2n) is 3.23. The second-order valence-corrected chi connectivity index (χ2v) is 3.23. The number of anilines is 1. The van der Waals surface area contributed by atoms with Gasteiger partial charge in [-0.05, 0) is 30.7 Å². The minimum absolute atomic E-state index is 0.0227. The Morgan fingerprint density at radius 3 is 2.50 bits per heavy atom. The molecule has 1 amide bonds. The molecular weight excluding hydrogens is 178 g/mol. The summed E-state index contributed by atoms with van der Waals surface area (Å²) in [7, 11) is 3.39. The fourth-order valence-corrected chi connectivity index (χ4v) is 1.25. The van der Waals surface area contributed by atoms with E-state index in [2.05, 4.69) is 0 Å². The van der Waals surface area contributed by atoms with Gasteiger partial charge in [-0.2, -0.15) is 0 Å². The third-order valence-corrected chi connectivity index (χ3v) is 2.24. The SMILES string of the molecule is COc1ccc(N(C)C(C)=O)cc1C. The molecule has 0 N–H and O–H groups in total. The topological polar surface area (TPSA) is 29.5 Å². The van der Waals surface area contributed by atoms with Crippen molar-refractivity contribution in [3.8, 4) is 5.75 Å². The summed E-state index contributed by atoms with van der Waals surface area (Å²) in [5.74, 6) is 0.861. The molecule has 0 saturated carbocycles. The van der Waals surface area contributed by atoms with E-state index in [1.807, 2.05) is 25.1 Å². The summed E-state index contributed by atoms with van der Waals surface area (Å²) in [5.41, 5.74) is 1.91. The molecular formula is C11H15NO2. The molecule has 3 heteroatoms. The van der Waals surface area contributed by atoms with E-state index in [-0.39, 0.29) is 5.91 Å². The number of amides is 1. The maximum atomic E-state index is 11.1. The minimum atomic E-state index is 0.0227. The van der Waals surface area contributed by atoms with Gasteiger partial charge < -0.3 is 9.64 Å². The molecule has 0 fully saturated rings. The maximum Gasteiger partial charge on any atom is 0.223 e. The van der Waals surface area contributed by atoms with Crippen molar-refractivity contribution in [1.82, 2.24) is 0 Å². The van der Waals surface area contributed by atoms with Crippen LogP contribution >= 0.6 is 0 Å². The fourth-order valence-electron chi connectivity index (χ4n) is 1.25. The average Bonchev–Trinajstić information content (AvgIpc) is 2.16. The smallest absolute Gasteiger partial charge is 0.223 e. The van der Waals surface area contributed by atoms with Gasteiger partial charge in [0, 0.05) is 19.7 Å². The summed E-state index contributed by atoms with van der Waals surface area (Å²) >= 11 is 0. The number of hydrogen-bond donors (Lipinski definition) is 0. The number of benzene rings is 1. The molecule has 0 saturated heterocycles. The van der Waals surface area contributed by atoms with Gasteiger partial charge in [0.2, 0.25) is 5.91 Å². The van der Waals surface area contributed by atoms with Crippen molar-refractivity contribution in [2.45, 2.75) is 13.8 Å². The number of nitrogens with zero attached hydrogens (tertiary/aromatic N) is 1. The highest BCUT2D eigenvalue weighted by molar-refractivity contribution is 5.91. The maximum absolute atomic E-state index is 11.1. The Bertz CT molecular complexity index is 347. The second kappa shape index (κ2) is 4.13. The molecule has 0 aliphatic carbocycles. The Hall–Kier alpha value is -1.51. The Morgan fingerprint density at radius 1 is 1.43 bits per heavy atom. The lowest BCUT2D eigenvalue weighted by atomic mass is 10.2. The third-order valence-electron chi connectivity index (χ3n) is 2.24. The van der Waals surface area contributed by atoms with Crippen molar-refractivity contribution in [3.05, 3.63) is 23.8 Å². The lowest BCUT2D eigenvalue weighted by Crippen LogP contribution is -2.22. The Labute approximate surface area is 84.3 Å². The summed E-state index contributed by atoms with van der Waals surface area (Å²) in [6.07, 6.45) is 0. The molecule has 1 aromatic rings. The number of hydrogen-bond acceptors (Lipinski definition) is 2. The van der Waals surface area contributed by atoms with E-state index in [9.17, 15) is 4.79 Å². The number of methoxy groups -OCH3 is 1. The third kappa shape index (κ3) is 2.05. The molecule has 0 aliphatic rings. The first-order valence-electron chi connectivity index (χ1n) is 4.45. The van der Waals surface area contributed by atoms with Crippen molar-refractivity contribution in [2.75, 3.05) is 19.1 Å². The monoisotopic (exact) mass is 193 g/mol. The molecule has 76 valence electrons. The number of carbonyl (C=O) groups is 1. The van der Waals surface area contributed by atoms with Crippen LogP contribution in [0.4, 0.5) is 5.69 Å². The van der Waals surface area contributed by atoms with Crippen LogP contribution < -0.4 is 9.64 Å². The molecule has 3 nitrogen and oxygen atoms in total. The van der Waals surface area contributed by atoms with Crippen LogP contribution in [0.25, 0.3) is 0 Å². The standard InChI is InChI=1S/C11H15NO2/c1-8-7-10(12(3)9(2)13)5-6-11(8)14-4/h5-7H,1-4H3. The van der Waals surface area contributed by atoms with Gasteiger partial charge >= 0.3 is 0 Å². The zero-order valence-electron chi connectivity index (χ0n) is 9.00. The van der Waals surface area contributed by atoms with E-state index in [1.165, 1.54) is 0 Å². The molecule has 14 heavy (non-hydrogen) atoms.